The first kappa shape index (κ1) is 16.3. The largest absolute Gasteiger partial charge is 0.0622 e. The van der Waals surface area contributed by atoms with E-state index >= 15 is 0 Å². The van der Waals surface area contributed by atoms with Gasteiger partial charge in [0.2, 0.25) is 0 Å². The third-order valence-electron chi connectivity index (χ3n) is 4.22. The molecule has 0 aromatic heterocycles. The minimum atomic E-state index is 0.293. The second-order valence-electron chi connectivity index (χ2n) is 7.96. The van der Waals surface area contributed by atoms with E-state index in [2.05, 4.69) is 71.9 Å². The van der Waals surface area contributed by atoms with Crippen molar-refractivity contribution in [3.63, 3.8) is 0 Å². The summed E-state index contributed by atoms with van der Waals surface area (Å²) in [6.45, 7) is 13.8. The highest BCUT2D eigenvalue weighted by Crippen LogP contribution is 2.38. The molecule has 0 N–H and O–H groups in total. The molecule has 1 fully saturated rings. The number of benzene rings is 1. The van der Waals surface area contributed by atoms with Crippen LogP contribution in [-0.4, -0.2) is 0 Å². The third-order valence-corrected chi connectivity index (χ3v) is 4.22. The van der Waals surface area contributed by atoms with Crippen molar-refractivity contribution >= 4 is 0 Å². The highest BCUT2D eigenvalue weighted by molar-refractivity contribution is 5.21. The van der Waals surface area contributed by atoms with E-state index in [1.165, 1.54) is 31.2 Å². The molecular formula is C19H32. The summed E-state index contributed by atoms with van der Waals surface area (Å²) in [5, 5.41) is 0. The van der Waals surface area contributed by atoms with Gasteiger partial charge in [0.1, 0.15) is 0 Å². The second kappa shape index (κ2) is 6.59. The van der Waals surface area contributed by atoms with Gasteiger partial charge in [0, 0.05) is 0 Å². The summed E-state index contributed by atoms with van der Waals surface area (Å²) < 4.78 is 0. The average Bonchev–Trinajstić information content (AvgIpc) is 2.83. The molecule has 0 radical (unpaired) electrons. The predicted molar refractivity (Wildman–Crippen MR) is 86.6 cm³/mol. The molecule has 1 aromatic rings. The molecule has 0 aliphatic heterocycles. The molecule has 1 aliphatic rings. The summed E-state index contributed by atoms with van der Waals surface area (Å²) in [5.41, 5.74) is 2.27. The minimum absolute atomic E-state index is 0.293. The van der Waals surface area contributed by atoms with Gasteiger partial charge < -0.3 is 0 Å². The molecule has 1 aliphatic carbocycles. The van der Waals surface area contributed by atoms with E-state index in [-0.39, 0.29) is 0 Å². The Labute approximate surface area is 120 Å². The third kappa shape index (κ3) is 5.80. The molecule has 1 saturated carbocycles. The zero-order valence-corrected chi connectivity index (χ0v) is 13.8. The van der Waals surface area contributed by atoms with Crippen molar-refractivity contribution in [1.82, 2.24) is 0 Å². The average molecular weight is 260 g/mol. The maximum Gasteiger partial charge on any atom is -0.0132 e. The van der Waals surface area contributed by atoms with Crippen LogP contribution in [0.15, 0.2) is 30.3 Å². The van der Waals surface area contributed by atoms with E-state index in [1.54, 1.807) is 0 Å². The van der Waals surface area contributed by atoms with Crippen molar-refractivity contribution in [2.24, 2.45) is 11.3 Å². The SMILES string of the molecule is CC(C)(C)C1CCCC1.CC(C)(C)c1ccccc1. The smallest absolute Gasteiger partial charge is 0.0132 e. The Kier molecular flexibility index (Phi) is 5.64. The normalized spacial score (nSPS) is 16.9. The van der Waals surface area contributed by atoms with E-state index in [0.29, 0.717) is 10.8 Å². The first-order chi connectivity index (χ1) is 8.71. The van der Waals surface area contributed by atoms with Crippen molar-refractivity contribution in [3.05, 3.63) is 35.9 Å². The lowest BCUT2D eigenvalue weighted by atomic mass is 9.80. The Bertz CT molecular complexity index is 342. The Morgan fingerprint density at radius 1 is 0.789 bits per heavy atom. The maximum absolute atomic E-state index is 2.36. The van der Waals surface area contributed by atoms with E-state index in [4.69, 9.17) is 0 Å². The fourth-order valence-corrected chi connectivity index (χ4v) is 2.73. The van der Waals surface area contributed by atoms with Crippen LogP contribution in [0.4, 0.5) is 0 Å². The van der Waals surface area contributed by atoms with Crippen LogP contribution in [0.25, 0.3) is 0 Å². The van der Waals surface area contributed by atoms with Gasteiger partial charge in [0.05, 0.1) is 0 Å². The molecule has 0 heterocycles. The van der Waals surface area contributed by atoms with Crippen LogP contribution in [0.3, 0.4) is 0 Å². The highest BCUT2D eigenvalue weighted by Gasteiger charge is 2.26. The second-order valence-corrected chi connectivity index (χ2v) is 7.96. The van der Waals surface area contributed by atoms with Crippen molar-refractivity contribution in [3.8, 4) is 0 Å². The Hall–Kier alpha value is -0.780. The Balaban J connectivity index is 0.000000191. The first-order valence-electron chi connectivity index (χ1n) is 7.77. The van der Waals surface area contributed by atoms with Crippen LogP contribution >= 0.6 is 0 Å². The first-order valence-corrected chi connectivity index (χ1v) is 7.77. The fourth-order valence-electron chi connectivity index (χ4n) is 2.73. The van der Waals surface area contributed by atoms with E-state index in [0.717, 1.165) is 5.92 Å². The summed E-state index contributed by atoms with van der Waals surface area (Å²) >= 11 is 0. The van der Waals surface area contributed by atoms with Gasteiger partial charge in [-0.15, -0.1) is 0 Å². The van der Waals surface area contributed by atoms with Crippen LogP contribution in [0.1, 0.15) is 72.8 Å². The van der Waals surface area contributed by atoms with E-state index < -0.39 is 0 Å². The highest BCUT2D eigenvalue weighted by atomic mass is 14.3. The molecule has 0 bridgehead atoms. The molecule has 0 unspecified atom stereocenters. The summed E-state index contributed by atoms with van der Waals surface area (Å²) in [7, 11) is 0. The molecule has 0 nitrogen and oxygen atoms in total. The minimum Gasteiger partial charge on any atom is -0.0622 e. The van der Waals surface area contributed by atoms with Gasteiger partial charge in [0.15, 0.2) is 0 Å². The van der Waals surface area contributed by atoms with Crippen molar-refractivity contribution in [2.75, 3.05) is 0 Å². The van der Waals surface area contributed by atoms with Crippen molar-refractivity contribution in [1.29, 1.82) is 0 Å². The lowest BCUT2D eigenvalue weighted by Gasteiger charge is -2.26. The van der Waals surface area contributed by atoms with Gasteiger partial charge in [-0.05, 0) is 35.2 Å². The number of hydrogen-bond acceptors (Lipinski definition) is 0. The molecule has 108 valence electrons. The quantitative estimate of drug-likeness (QED) is 0.520. The number of hydrogen-bond donors (Lipinski definition) is 0. The molecule has 0 saturated heterocycles. The fraction of sp³-hybridized carbons (Fsp3) is 0.684. The van der Waals surface area contributed by atoms with Gasteiger partial charge in [-0.3, -0.25) is 0 Å². The van der Waals surface area contributed by atoms with Crippen LogP contribution in [0, 0.1) is 11.3 Å². The lowest BCUT2D eigenvalue weighted by Crippen LogP contribution is -2.16. The molecule has 1 aromatic carbocycles. The standard InChI is InChI=1S/C10H14.C9H18/c1-10(2,3)9-7-5-4-6-8-9;1-9(2,3)8-6-4-5-7-8/h4-8H,1-3H3;8H,4-7H2,1-3H3. The van der Waals surface area contributed by atoms with Crippen molar-refractivity contribution < 1.29 is 0 Å². The Morgan fingerprint density at radius 3 is 1.53 bits per heavy atom. The summed E-state index contributed by atoms with van der Waals surface area (Å²) in [6.07, 6.45) is 5.90. The topological polar surface area (TPSA) is 0 Å². The number of rotatable bonds is 0. The summed E-state index contributed by atoms with van der Waals surface area (Å²) in [4.78, 5) is 0. The summed E-state index contributed by atoms with van der Waals surface area (Å²) in [6, 6.07) is 10.6. The maximum atomic E-state index is 2.36. The van der Waals surface area contributed by atoms with Crippen LogP contribution in [0.2, 0.25) is 0 Å². The van der Waals surface area contributed by atoms with Gasteiger partial charge >= 0.3 is 0 Å². The van der Waals surface area contributed by atoms with Gasteiger partial charge in [-0.2, -0.15) is 0 Å². The van der Waals surface area contributed by atoms with Crippen molar-refractivity contribution in [2.45, 2.75) is 72.6 Å². The zero-order chi connectivity index (χ0) is 14.5. The molecule has 19 heavy (non-hydrogen) atoms. The van der Waals surface area contributed by atoms with E-state index in [9.17, 15) is 0 Å². The van der Waals surface area contributed by atoms with Gasteiger partial charge in [-0.1, -0.05) is 84.7 Å². The van der Waals surface area contributed by atoms with Gasteiger partial charge in [-0.25, -0.2) is 0 Å². The predicted octanol–water partition coefficient (Wildman–Crippen LogP) is 6.21. The van der Waals surface area contributed by atoms with Gasteiger partial charge in [0.25, 0.3) is 0 Å². The van der Waals surface area contributed by atoms with Crippen LogP contribution < -0.4 is 0 Å². The van der Waals surface area contributed by atoms with E-state index in [1.807, 2.05) is 0 Å². The molecule has 0 spiro atoms. The molecule has 0 atom stereocenters. The molecule has 0 amide bonds. The zero-order valence-electron chi connectivity index (χ0n) is 13.8. The monoisotopic (exact) mass is 260 g/mol. The van der Waals surface area contributed by atoms with Crippen LogP contribution in [0.5, 0.6) is 0 Å². The van der Waals surface area contributed by atoms with Crippen LogP contribution in [-0.2, 0) is 5.41 Å². The molecule has 2 rings (SSSR count). The summed E-state index contributed by atoms with van der Waals surface area (Å²) in [5.74, 6) is 1.01. The molecular weight excluding hydrogens is 228 g/mol. The molecule has 0 heteroatoms. The lowest BCUT2D eigenvalue weighted by molar-refractivity contribution is 0.246. The Morgan fingerprint density at radius 2 is 1.26 bits per heavy atom.